The Labute approximate surface area is 146 Å². The Kier molecular flexibility index (Phi) is 4.44. The second-order valence-electron chi connectivity index (χ2n) is 6.18. The molecule has 4 rings (SSSR count). The van der Waals surface area contributed by atoms with Crippen LogP contribution >= 0.6 is 0 Å². The first kappa shape index (κ1) is 15.8. The van der Waals surface area contributed by atoms with Crippen LogP contribution in [0.2, 0.25) is 0 Å². The zero-order valence-corrected chi connectivity index (χ0v) is 13.9. The van der Waals surface area contributed by atoms with Gasteiger partial charge >= 0.3 is 0 Å². The third kappa shape index (κ3) is 3.54. The number of fused-ring (bicyclic) bond motifs is 1. The van der Waals surface area contributed by atoms with E-state index in [-0.39, 0.29) is 5.82 Å². The first-order valence-electron chi connectivity index (χ1n) is 8.42. The maximum atomic E-state index is 13.6. The lowest BCUT2D eigenvalue weighted by Crippen LogP contribution is -2.25. The third-order valence-electron chi connectivity index (χ3n) is 4.43. The van der Waals surface area contributed by atoms with Crippen molar-refractivity contribution in [2.24, 2.45) is 0 Å². The van der Waals surface area contributed by atoms with Gasteiger partial charge in [0.2, 0.25) is 0 Å². The number of hydrogen-bond donors (Lipinski definition) is 0. The molecule has 2 aromatic carbocycles. The van der Waals surface area contributed by atoms with Crippen molar-refractivity contribution in [3.63, 3.8) is 0 Å². The second kappa shape index (κ2) is 7.03. The molecule has 0 atom stereocenters. The molecule has 1 aliphatic rings. The van der Waals surface area contributed by atoms with E-state index in [0.717, 1.165) is 35.7 Å². The Morgan fingerprint density at radius 2 is 1.92 bits per heavy atom. The Balaban J connectivity index is 1.61. The number of ether oxygens (including phenoxy) is 1. The average molecular weight is 334 g/mol. The van der Waals surface area contributed by atoms with E-state index in [0.29, 0.717) is 13.2 Å². The molecule has 0 spiro atoms. The topological polar surface area (TPSA) is 25.4 Å². The van der Waals surface area contributed by atoms with E-state index in [9.17, 15) is 4.39 Å². The highest BCUT2D eigenvalue weighted by molar-refractivity contribution is 5.63. The smallest absolute Gasteiger partial charge is 0.124 e. The van der Waals surface area contributed by atoms with Crippen molar-refractivity contribution in [2.45, 2.75) is 13.1 Å². The highest BCUT2D eigenvalue weighted by Gasteiger charge is 2.17. The largest absolute Gasteiger partial charge is 0.492 e. The van der Waals surface area contributed by atoms with Gasteiger partial charge in [-0.3, -0.25) is 9.88 Å². The Morgan fingerprint density at radius 1 is 1.04 bits per heavy atom. The predicted octanol–water partition coefficient (Wildman–Crippen LogP) is 4.28. The summed E-state index contributed by atoms with van der Waals surface area (Å²) < 4.78 is 19.3. The fraction of sp³-hybridized carbons (Fsp3) is 0.190. The van der Waals surface area contributed by atoms with Gasteiger partial charge in [-0.1, -0.05) is 30.3 Å². The summed E-state index contributed by atoms with van der Waals surface area (Å²) in [5.74, 6) is 0.556. The van der Waals surface area contributed by atoms with Gasteiger partial charge in [-0.05, 0) is 35.9 Å². The number of benzene rings is 2. The maximum Gasteiger partial charge on any atom is 0.124 e. The molecule has 0 unspecified atom stereocenters. The molecule has 3 nitrogen and oxygen atoms in total. The van der Waals surface area contributed by atoms with Gasteiger partial charge in [0, 0.05) is 37.0 Å². The Bertz CT molecular complexity index is 867. The molecular formula is C21H19FN2O. The number of aromatic nitrogens is 1. The van der Waals surface area contributed by atoms with Crippen LogP contribution in [0.15, 0.2) is 66.9 Å². The SMILES string of the molecule is Fc1ccc2c(c1)CN(Cc1ccccc1-c1ccccn1)CCO2. The maximum absolute atomic E-state index is 13.6. The van der Waals surface area contributed by atoms with Gasteiger partial charge in [-0.15, -0.1) is 0 Å². The zero-order valence-electron chi connectivity index (χ0n) is 13.9. The number of halogens is 1. The number of nitrogens with zero attached hydrogens (tertiary/aromatic N) is 2. The van der Waals surface area contributed by atoms with Crippen LogP contribution < -0.4 is 4.74 Å². The minimum absolute atomic E-state index is 0.224. The standard InChI is InChI=1S/C21H19FN2O/c22-18-8-9-21-17(13-18)15-24(11-12-25-21)14-16-5-1-2-6-19(16)20-7-3-4-10-23-20/h1-10,13H,11-12,14-15H2. The fourth-order valence-corrected chi connectivity index (χ4v) is 3.22. The molecule has 0 saturated carbocycles. The molecule has 1 aromatic heterocycles. The summed E-state index contributed by atoms with van der Waals surface area (Å²) in [6.45, 7) is 2.84. The van der Waals surface area contributed by atoms with Crippen LogP contribution in [-0.2, 0) is 13.1 Å². The molecule has 1 aliphatic heterocycles. The lowest BCUT2D eigenvalue weighted by Gasteiger charge is -2.21. The van der Waals surface area contributed by atoms with E-state index >= 15 is 0 Å². The van der Waals surface area contributed by atoms with Gasteiger partial charge in [0.15, 0.2) is 0 Å². The summed E-state index contributed by atoms with van der Waals surface area (Å²) in [6.07, 6.45) is 1.81. The highest BCUT2D eigenvalue weighted by atomic mass is 19.1. The normalized spacial score (nSPS) is 14.4. The van der Waals surface area contributed by atoms with Crippen molar-refractivity contribution in [1.29, 1.82) is 0 Å². The number of hydrogen-bond acceptors (Lipinski definition) is 3. The third-order valence-corrected chi connectivity index (χ3v) is 4.43. The van der Waals surface area contributed by atoms with Gasteiger partial charge in [-0.2, -0.15) is 0 Å². The van der Waals surface area contributed by atoms with Crippen molar-refractivity contribution >= 4 is 0 Å². The summed E-state index contributed by atoms with van der Waals surface area (Å²) >= 11 is 0. The van der Waals surface area contributed by atoms with Crippen molar-refractivity contribution in [3.05, 3.63) is 83.8 Å². The summed E-state index contributed by atoms with van der Waals surface area (Å²) in [7, 11) is 0. The van der Waals surface area contributed by atoms with Crippen LogP contribution in [-0.4, -0.2) is 23.0 Å². The van der Waals surface area contributed by atoms with E-state index in [4.69, 9.17) is 4.74 Å². The van der Waals surface area contributed by atoms with E-state index in [1.54, 1.807) is 12.1 Å². The Hall–Kier alpha value is -2.72. The summed E-state index contributed by atoms with van der Waals surface area (Å²) in [6, 6.07) is 19.0. The molecule has 126 valence electrons. The van der Waals surface area contributed by atoms with Crippen LogP contribution in [0.25, 0.3) is 11.3 Å². The van der Waals surface area contributed by atoms with Crippen LogP contribution in [0, 0.1) is 5.82 Å². The lowest BCUT2D eigenvalue weighted by atomic mass is 10.0. The molecule has 0 fully saturated rings. The van der Waals surface area contributed by atoms with E-state index in [1.807, 2.05) is 36.5 Å². The Morgan fingerprint density at radius 3 is 2.80 bits per heavy atom. The molecule has 0 saturated heterocycles. The molecular weight excluding hydrogens is 315 g/mol. The zero-order chi connectivity index (χ0) is 17.1. The van der Waals surface area contributed by atoms with Crippen molar-refractivity contribution in [2.75, 3.05) is 13.2 Å². The quantitative estimate of drug-likeness (QED) is 0.715. The highest BCUT2D eigenvalue weighted by Crippen LogP contribution is 2.27. The van der Waals surface area contributed by atoms with Crippen LogP contribution in [0.1, 0.15) is 11.1 Å². The monoisotopic (exact) mass is 334 g/mol. The molecule has 25 heavy (non-hydrogen) atoms. The van der Waals surface area contributed by atoms with Gasteiger partial charge in [0.05, 0.1) is 5.69 Å². The molecule has 0 N–H and O–H groups in total. The van der Waals surface area contributed by atoms with E-state index < -0.39 is 0 Å². The molecule has 2 heterocycles. The summed E-state index contributed by atoms with van der Waals surface area (Å²) in [5, 5.41) is 0. The van der Waals surface area contributed by atoms with E-state index in [1.165, 1.54) is 11.6 Å². The molecule has 0 amide bonds. The molecule has 0 aliphatic carbocycles. The molecule has 0 bridgehead atoms. The lowest BCUT2D eigenvalue weighted by molar-refractivity contribution is 0.220. The predicted molar refractivity (Wildman–Crippen MR) is 95.7 cm³/mol. The van der Waals surface area contributed by atoms with Crippen LogP contribution in [0.4, 0.5) is 4.39 Å². The van der Waals surface area contributed by atoms with Crippen molar-refractivity contribution in [3.8, 4) is 17.0 Å². The van der Waals surface area contributed by atoms with Gasteiger partial charge in [0.25, 0.3) is 0 Å². The van der Waals surface area contributed by atoms with Crippen molar-refractivity contribution < 1.29 is 9.13 Å². The van der Waals surface area contributed by atoms with Crippen molar-refractivity contribution in [1.82, 2.24) is 9.88 Å². The first-order valence-corrected chi connectivity index (χ1v) is 8.42. The summed E-state index contributed by atoms with van der Waals surface area (Å²) in [5.41, 5.74) is 4.21. The van der Waals surface area contributed by atoms with E-state index in [2.05, 4.69) is 22.0 Å². The van der Waals surface area contributed by atoms with Gasteiger partial charge in [0.1, 0.15) is 18.2 Å². The number of rotatable bonds is 3. The van der Waals surface area contributed by atoms with Gasteiger partial charge in [-0.25, -0.2) is 4.39 Å². The fourth-order valence-electron chi connectivity index (χ4n) is 3.22. The minimum Gasteiger partial charge on any atom is -0.492 e. The molecule has 0 radical (unpaired) electrons. The molecule has 3 aromatic rings. The first-order chi connectivity index (χ1) is 12.3. The van der Waals surface area contributed by atoms with Crippen LogP contribution in [0.3, 0.4) is 0 Å². The van der Waals surface area contributed by atoms with Crippen LogP contribution in [0.5, 0.6) is 5.75 Å². The second-order valence-corrected chi connectivity index (χ2v) is 6.18. The number of pyridine rings is 1. The summed E-state index contributed by atoms with van der Waals surface area (Å²) in [4.78, 5) is 6.76. The molecule has 4 heteroatoms. The minimum atomic E-state index is -0.224. The van der Waals surface area contributed by atoms with Gasteiger partial charge < -0.3 is 4.74 Å². The average Bonchev–Trinajstić information content (AvgIpc) is 2.84.